The van der Waals surface area contributed by atoms with Gasteiger partial charge >= 0.3 is 0 Å². The Morgan fingerprint density at radius 3 is 1.22 bits per heavy atom. The summed E-state index contributed by atoms with van der Waals surface area (Å²) in [6, 6.07) is 32.7. The molecule has 1 aliphatic carbocycles. The molecule has 20 nitrogen and oxygen atoms in total. The average Bonchev–Trinajstić information content (AvgIpc) is 1.84. The molecule has 7 aromatic rings. The number of rotatable bonds is 25. The lowest BCUT2D eigenvalue weighted by atomic mass is 9.87. The van der Waals surface area contributed by atoms with Gasteiger partial charge in [0.2, 0.25) is 23.6 Å². The summed E-state index contributed by atoms with van der Waals surface area (Å²) < 4.78 is 92.4. The van der Waals surface area contributed by atoms with Crippen LogP contribution < -0.4 is 21.3 Å². The van der Waals surface area contributed by atoms with Crippen LogP contribution in [-0.2, 0) is 64.9 Å². The number of aryl methyl sites for hydroxylation is 2. The number of carbonyl (C=O) groups excluding carboxylic acids is 4. The Hall–Kier alpha value is -6.62. The molecule has 96 heavy (non-hydrogen) atoms. The molecule has 0 radical (unpaired) electrons. The van der Waals surface area contributed by atoms with Crippen LogP contribution in [0.4, 0.5) is 21.2 Å². The van der Waals surface area contributed by atoms with Gasteiger partial charge in [0.05, 0.1) is 40.1 Å². The number of benzene rings is 3. The molecule has 524 valence electrons. The first-order valence-corrected chi connectivity index (χ1v) is 41.3. The van der Waals surface area contributed by atoms with E-state index in [0.717, 1.165) is 68.4 Å². The number of hydrogen-bond acceptors (Lipinski definition) is 19. The normalized spacial score (nSPS) is 13.3. The van der Waals surface area contributed by atoms with E-state index in [9.17, 15) is 52.8 Å². The van der Waals surface area contributed by atoms with E-state index in [1.165, 1.54) is 109 Å². The number of amides is 4. The van der Waals surface area contributed by atoms with Gasteiger partial charge in [-0.2, -0.15) is 0 Å². The van der Waals surface area contributed by atoms with Crippen molar-refractivity contribution in [3.8, 4) is 33.6 Å². The van der Waals surface area contributed by atoms with Gasteiger partial charge in [-0.05, 0) is 125 Å². The highest BCUT2D eigenvalue weighted by Crippen LogP contribution is 2.37. The third-order valence-electron chi connectivity index (χ3n) is 16.4. The minimum atomic E-state index is -3.53. The van der Waals surface area contributed by atoms with Crippen molar-refractivity contribution in [1.29, 1.82) is 0 Å². The number of nitrogens with zero attached hydrogens (tertiary/aromatic N) is 4. The zero-order valence-corrected chi connectivity index (χ0v) is 63.2. The molecule has 0 unspecified atom stereocenters. The summed E-state index contributed by atoms with van der Waals surface area (Å²) in [4.78, 5) is 69.6. The molecule has 0 bridgehead atoms. The molecule has 0 saturated heterocycles. The maximum absolute atomic E-state index is 12.6. The molecule has 3 aromatic carbocycles. The van der Waals surface area contributed by atoms with E-state index in [4.69, 9.17) is 0 Å². The number of thiazole rings is 3. The Kier molecular flexibility index (Phi) is 29.0. The second-order valence-corrected chi connectivity index (χ2v) is 38.9. The van der Waals surface area contributed by atoms with Gasteiger partial charge in [-0.25, -0.2) is 53.6 Å². The first kappa shape index (κ1) is 80.1. The Labute approximate surface area is 580 Å². The van der Waals surface area contributed by atoms with Crippen LogP contribution in [0.1, 0.15) is 169 Å². The number of pyridine rings is 1. The summed E-state index contributed by atoms with van der Waals surface area (Å²) in [5.41, 5.74) is 6.54. The van der Waals surface area contributed by atoms with Crippen molar-refractivity contribution < 1.29 is 52.8 Å². The number of sulfone groups is 4. The minimum absolute atomic E-state index is 0.0125. The van der Waals surface area contributed by atoms with E-state index in [-0.39, 0.29) is 23.0 Å². The van der Waals surface area contributed by atoms with Gasteiger partial charge in [-0.3, -0.25) is 19.2 Å². The maximum Gasteiger partial charge on any atom is 0.247 e. The van der Waals surface area contributed by atoms with E-state index >= 15 is 0 Å². The summed E-state index contributed by atoms with van der Waals surface area (Å²) in [5, 5.41) is 14.0. The summed E-state index contributed by atoms with van der Waals surface area (Å²) in [6.07, 6.45) is 10.4. The van der Waals surface area contributed by atoms with Gasteiger partial charge in [-0.1, -0.05) is 145 Å². The van der Waals surface area contributed by atoms with Gasteiger partial charge in [0.15, 0.2) is 54.7 Å². The molecule has 0 aliphatic heterocycles. The molecule has 0 atom stereocenters. The van der Waals surface area contributed by atoms with Crippen molar-refractivity contribution in [2.24, 2.45) is 0 Å². The second-order valence-electron chi connectivity index (χ2n) is 25.1. The van der Waals surface area contributed by atoms with Crippen molar-refractivity contribution in [2.45, 2.75) is 186 Å². The fourth-order valence-electron chi connectivity index (χ4n) is 9.65. The highest BCUT2D eigenvalue weighted by Gasteiger charge is 2.44. The molecule has 8 rings (SSSR count). The molecule has 4 amide bonds. The van der Waals surface area contributed by atoms with Gasteiger partial charge in [0.25, 0.3) is 0 Å². The number of carbonyl (C=O) groups is 4. The molecular formula is C69H94N8O12S7. The van der Waals surface area contributed by atoms with E-state index in [1.54, 1.807) is 40.0 Å². The van der Waals surface area contributed by atoms with Crippen LogP contribution in [0.2, 0.25) is 0 Å². The topological polar surface area (TPSA) is 305 Å². The Morgan fingerprint density at radius 1 is 0.448 bits per heavy atom. The number of hydrogen-bond donors (Lipinski definition) is 4. The molecule has 1 fully saturated rings. The summed E-state index contributed by atoms with van der Waals surface area (Å²) >= 11 is 4.10. The fraction of sp³-hybridized carbons (Fsp3) is 0.478. The average molecular weight is 1450 g/mol. The molecular weight excluding hydrogens is 1360 g/mol. The maximum atomic E-state index is 12.6. The Morgan fingerprint density at radius 2 is 0.823 bits per heavy atom. The van der Waals surface area contributed by atoms with Crippen LogP contribution >= 0.6 is 34.0 Å². The van der Waals surface area contributed by atoms with Crippen LogP contribution in [-0.4, -0.2) is 119 Å². The first-order valence-electron chi connectivity index (χ1n) is 32.2. The van der Waals surface area contributed by atoms with Crippen LogP contribution in [0.25, 0.3) is 33.6 Å². The molecule has 4 heterocycles. The van der Waals surface area contributed by atoms with Crippen molar-refractivity contribution >= 4 is 118 Å². The van der Waals surface area contributed by atoms with Crippen molar-refractivity contribution in [1.82, 2.24) is 19.9 Å². The summed E-state index contributed by atoms with van der Waals surface area (Å²) in [5.74, 6) is -1.40. The first-order chi connectivity index (χ1) is 45.0. The van der Waals surface area contributed by atoms with Gasteiger partial charge in [0.1, 0.15) is 24.8 Å². The van der Waals surface area contributed by atoms with Crippen LogP contribution in [0, 0.1) is 6.92 Å². The standard InChI is InChI=1S/C18H24N2O3S2.C18H22N2O3S.C17H22N2O3S2.C16H26N2O3S2/c1-5-12-25(22,23)18(3,4)16(21)20-17-19-15(14(6-2)24-17)13-10-8-7-9-11-13;1-4-12-24(22,23)18(2,3)17(21)20-16-11-10-15(13-19-16)14-8-6-5-7-9-14;1-5-11-24(21,22)17(3,4)15(20)19-16-18-14(12(2)23-16)13-9-7-6-8-10-13;1-4-10-23(20,21)16(2,3)14(19)18-15-17-13(11-22-15)12-8-6-5-7-9-12/h7-11H,5-6,12H2,1-4H3,(H,19,20,21);5-11,13H,4,12H2,1-3H3,(H,19,20,21);6-10H,5,11H2,1-4H3,(H,18,19,20);11-12H,4-10H2,1-3H3,(H,17,18,19). The highest BCUT2D eigenvalue weighted by atomic mass is 32.2. The van der Waals surface area contributed by atoms with Gasteiger partial charge in [-0.15, -0.1) is 34.0 Å². The van der Waals surface area contributed by atoms with Crippen LogP contribution in [0.15, 0.2) is 115 Å². The summed E-state index contributed by atoms with van der Waals surface area (Å²) in [6.45, 7) is 22.6. The predicted molar refractivity (Wildman–Crippen MR) is 394 cm³/mol. The SMILES string of the molecule is CCCS(=O)(=O)C(C)(C)C(=O)Nc1ccc(-c2ccccc2)cn1.CCCS(=O)(=O)C(C)(C)C(=O)Nc1nc(-c2ccccc2)c(C)s1.CCCS(=O)(=O)C(C)(C)C(=O)Nc1nc(-c2ccccc2)c(CC)s1.CCCS(=O)(=O)C(C)(C)C(=O)Nc1nc(C2CCCCC2)cs1. The Balaban J connectivity index is 0.000000232. The number of anilines is 4. The molecule has 27 heteroatoms. The zero-order chi connectivity index (χ0) is 71.5. The molecule has 1 aliphatic rings. The minimum Gasteiger partial charge on any atom is -0.309 e. The lowest BCUT2D eigenvalue weighted by Gasteiger charge is -2.23. The Bertz CT molecular complexity index is 4190. The number of nitrogens with one attached hydrogen (secondary N) is 4. The zero-order valence-electron chi connectivity index (χ0n) is 57.5. The quantitative estimate of drug-likeness (QED) is 0.0413. The van der Waals surface area contributed by atoms with Gasteiger partial charge in [0, 0.05) is 43.9 Å². The summed E-state index contributed by atoms with van der Waals surface area (Å²) in [7, 11) is -14.0. The predicted octanol–water partition coefficient (Wildman–Crippen LogP) is 14.6. The monoisotopic (exact) mass is 1450 g/mol. The van der Waals surface area contributed by atoms with E-state index in [0.29, 0.717) is 52.8 Å². The lowest BCUT2D eigenvalue weighted by molar-refractivity contribution is -0.118. The van der Waals surface area contributed by atoms with Crippen molar-refractivity contribution in [2.75, 3.05) is 44.3 Å². The highest BCUT2D eigenvalue weighted by molar-refractivity contribution is 7.94. The van der Waals surface area contributed by atoms with Crippen LogP contribution in [0.3, 0.4) is 0 Å². The fourth-order valence-corrected chi connectivity index (χ4v) is 17.7. The third kappa shape index (κ3) is 20.5. The van der Waals surface area contributed by atoms with Crippen molar-refractivity contribution in [3.05, 3.63) is 130 Å². The lowest BCUT2D eigenvalue weighted by Crippen LogP contribution is -2.45. The second kappa shape index (κ2) is 34.7. The molecule has 1 saturated carbocycles. The third-order valence-corrected chi connectivity index (χ3v) is 29.9. The van der Waals surface area contributed by atoms with Gasteiger partial charge < -0.3 is 21.3 Å². The van der Waals surface area contributed by atoms with E-state index in [2.05, 4.69) is 41.2 Å². The van der Waals surface area contributed by atoms with E-state index in [1.807, 2.05) is 116 Å². The number of aromatic nitrogens is 4. The van der Waals surface area contributed by atoms with Crippen molar-refractivity contribution in [3.63, 3.8) is 0 Å². The van der Waals surface area contributed by atoms with E-state index < -0.39 is 82.0 Å². The largest absolute Gasteiger partial charge is 0.309 e. The molecule has 4 N–H and O–H groups in total. The van der Waals surface area contributed by atoms with Crippen LogP contribution in [0.5, 0.6) is 0 Å². The molecule has 4 aromatic heterocycles. The smallest absolute Gasteiger partial charge is 0.247 e. The molecule has 0 spiro atoms.